The van der Waals surface area contributed by atoms with Gasteiger partial charge in [-0.1, -0.05) is 78.0 Å². The Labute approximate surface area is 206 Å². The first-order valence-corrected chi connectivity index (χ1v) is 12.0. The molecule has 0 aliphatic rings. The van der Waals surface area contributed by atoms with Crippen molar-refractivity contribution in [1.29, 1.82) is 0 Å². The van der Waals surface area contributed by atoms with E-state index in [-0.39, 0.29) is 11.7 Å². The van der Waals surface area contributed by atoms with Crippen LogP contribution in [0.2, 0.25) is 5.02 Å². The highest BCUT2D eigenvalue weighted by Gasteiger charge is 2.17. The number of nitrogens with one attached hydrogen (secondary N) is 1. The quantitative estimate of drug-likeness (QED) is 0.295. The van der Waals surface area contributed by atoms with Gasteiger partial charge in [0.15, 0.2) is 11.0 Å². The summed E-state index contributed by atoms with van der Waals surface area (Å²) >= 11 is 7.32. The number of hydrogen-bond acceptors (Lipinski definition) is 5. The molecule has 0 bridgehead atoms. The van der Waals surface area contributed by atoms with Gasteiger partial charge in [-0.05, 0) is 30.3 Å². The molecule has 5 aromatic rings. The fourth-order valence-electron chi connectivity index (χ4n) is 3.69. The lowest BCUT2D eigenvalue weighted by molar-refractivity contribution is -0.113. The molecule has 0 atom stereocenters. The van der Waals surface area contributed by atoms with Gasteiger partial charge in [-0.25, -0.2) is 4.98 Å². The number of fused-ring (bicyclic) bond motifs is 1. The van der Waals surface area contributed by atoms with Crippen molar-refractivity contribution in [1.82, 2.24) is 19.7 Å². The summed E-state index contributed by atoms with van der Waals surface area (Å²) in [5.74, 6) is 0.774. The zero-order valence-corrected chi connectivity index (χ0v) is 19.8. The first kappa shape index (κ1) is 22.1. The SMILES string of the molecule is Cn1c(SCC(=O)Nc2cccc(Cl)c2)nnc1-c1cc(-c2ccccc2)nc2ccccc12. The summed E-state index contributed by atoms with van der Waals surface area (Å²) in [5, 5.41) is 13.9. The number of halogens is 1. The third-order valence-electron chi connectivity index (χ3n) is 5.30. The molecule has 0 aliphatic heterocycles. The van der Waals surface area contributed by atoms with Crippen molar-refractivity contribution in [3.63, 3.8) is 0 Å². The van der Waals surface area contributed by atoms with Crippen LogP contribution in [0.1, 0.15) is 0 Å². The first-order chi connectivity index (χ1) is 16.6. The summed E-state index contributed by atoms with van der Waals surface area (Å²) in [5.41, 5.74) is 4.39. The second-order valence-electron chi connectivity index (χ2n) is 7.65. The van der Waals surface area contributed by atoms with Crippen LogP contribution in [0.3, 0.4) is 0 Å². The predicted octanol–water partition coefficient (Wildman–Crippen LogP) is 6.08. The van der Waals surface area contributed by atoms with Crippen LogP contribution in [0.5, 0.6) is 0 Å². The van der Waals surface area contributed by atoms with Crippen LogP contribution >= 0.6 is 23.4 Å². The lowest BCUT2D eigenvalue weighted by Gasteiger charge is -2.10. The monoisotopic (exact) mass is 485 g/mol. The lowest BCUT2D eigenvalue weighted by atomic mass is 10.0. The van der Waals surface area contributed by atoms with Gasteiger partial charge in [-0.3, -0.25) is 4.79 Å². The number of carbonyl (C=O) groups is 1. The van der Waals surface area contributed by atoms with Crippen molar-refractivity contribution >= 4 is 45.9 Å². The summed E-state index contributed by atoms with van der Waals surface area (Å²) in [7, 11) is 1.91. The number of amides is 1. The van der Waals surface area contributed by atoms with E-state index in [1.54, 1.807) is 24.3 Å². The Hall–Kier alpha value is -3.68. The molecule has 5 rings (SSSR count). The standard InChI is InChI=1S/C26H20ClN5OS/c1-32-25(30-31-26(32)34-16-24(33)28-19-11-7-10-18(27)14-19)21-15-23(17-8-3-2-4-9-17)29-22-13-6-5-12-20(21)22/h2-15H,16H2,1H3,(H,28,33). The van der Waals surface area contributed by atoms with Crippen molar-refractivity contribution in [3.8, 4) is 22.6 Å². The Kier molecular flexibility index (Phi) is 6.29. The maximum atomic E-state index is 12.4. The average molecular weight is 486 g/mol. The zero-order valence-electron chi connectivity index (χ0n) is 18.3. The minimum atomic E-state index is -0.141. The van der Waals surface area contributed by atoms with Crippen molar-refractivity contribution < 1.29 is 4.79 Å². The molecule has 0 saturated heterocycles. The number of carbonyl (C=O) groups excluding carboxylic acids is 1. The van der Waals surface area contributed by atoms with Gasteiger partial charge >= 0.3 is 0 Å². The van der Waals surface area contributed by atoms with Gasteiger partial charge in [0.1, 0.15) is 0 Å². The van der Waals surface area contributed by atoms with Gasteiger partial charge in [0.25, 0.3) is 0 Å². The molecule has 0 spiro atoms. The van der Waals surface area contributed by atoms with Gasteiger partial charge < -0.3 is 9.88 Å². The topological polar surface area (TPSA) is 72.7 Å². The predicted molar refractivity (Wildman–Crippen MR) is 138 cm³/mol. The van der Waals surface area contributed by atoms with Crippen molar-refractivity contribution in [2.75, 3.05) is 11.1 Å². The highest BCUT2D eigenvalue weighted by molar-refractivity contribution is 7.99. The summed E-state index contributed by atoms with van der Waals surface area (Å²) in [6.07, 6.45) is 0. The van der Waals surface area contributed by atoms with Crippen LogP contribution in [0, 0.1) is 0 Å². The van der Waals surface area contributed by atoms with Gasteiger partial charge in [-0.2, -0.15) is 0 Å². The molecule has 168 valence electrons. The Morgan fingerprint density at radius 2 is 1.76 bits per heavy atom. The second kappa shape index (κ2) is 9.67. The molecular formula is C26H20ClN5OS. The summed E-state index contributed by atoms with van der Waals surface area (Å²) in [6, 6.07) is 27.2. The van der Waals surface area contributed by atoms with E-state index in [1.807, 2.05) is 72.3 Å². The molecule has 1 amide bonds. The fraction of sp³-hybridized carbons (Fsp3) is 0.0769. The summed E-state index contributed by atoms with van der Waals surface area (Å²) in [6.45, 7) is 0. The largest absolute Gasteiger partial charge is 0.325 e. The van der Waals surface area contributed by atoms with Crippen molar-refractivity contribution in [2.45, 2.75) is 5.16 Å². The van der Waals surface area contributed by atoms with E-state index < -0.39 is 0 Å². The first-order valence-electron chi connectivity index (χ1n) is 10.6. The molecule has 1 N–H and O–H groups in total. The Morgan fingerprint density at radius 3 is 2.59 bits per heavy atom. The number of aromatic nitrogens is 4. The number of anilines is 1. The van der Waals surface area contributed by atoms with Crippen LogP contribution in [0.25, 0.3) is 33.5 Å². The average Bonchev–Trinajstić information content (AvgIpc) is 3.22. The second-order valence-corrected chi connectivity index (χ2v) is 9.03. The number of benzene rings is 3. The Bertz CT molecular complexity index is 1490. The molecule has 2 heterocycles. The molecule has 8 heteroatoms. The molecule has 3 aromatic carbocycles. The normalized spacial score (nSPS) is 11.0. The fourth-order valence-corrected chi connectivity index (χ4v) is 4.59. The van der Waals surface area contributed by atoms with Gasteiger partial charge in [0, 0.05) is 34.3 Å². The van der Waals surface area contributed by atoms with Crippen LogP contribution in [0.15, 0.2) is 90.1 Å². The molecule has 2 aromatic heterocycles. The number of hydrogen-bond donors (Lipinski definition) is 1. The molecule has 0 aliphatic carbocycles. The molecule has 0 fully saturated rings. The minimum absolute atomic E-state index is 0.141. The van der Waals surface area contributed by atoms with Crippen molar-refractivity contribution in [2.24, 2.45) is 7.05 Å². The maximum Gasteiger partial charge on any atom is 0.234 e. The minimum Gasteiger partial charge on any atom is -0.325 e. The number of thioether (sulfide) groups is 1. The maximum absolute atomic E-state index is 12.4. The smallest absolute Gasteiger partial charge is 0.234 e. The van der Waals surface area contributed by atoms with E-state index in [0.29, 0.717) is 21.7 Å². The zero-order chi connectivity index (χ0) is 23.5. The van der Waals surface area contributed by atoms with E-state index >= 15 is 0 Å². The van der Waals surface area contributed by atoms with E-state index in [9.17, 15) is 4.79 Å². The van der Waals surface area contributed by atoms with Crippen LogP contribution in [0.4, 0.5) is 5.69 Å². The Morgan fingerprint density at radius 1 is 0.971 bits per heavy atom. The molecule has 0 unspecified atom stereocenters. The molecular weight excluding hydrogens is 466 g/mol. The van der Waals surface area contributed by atoms with Crippen molar-refractivity contribution in [3.05, 3.63) is 90.0 Å². The molecule has 0 radical (unpaired) electrons. The summed E-state index contributed by atoms with van der Waals surface area (Å²) in [4.78, 5) is 17.3. The molecule has 0 saturated carbocycles. The van der Waals surface area contributed by atoms with E-state index in [4.69, 9.17) is 16.6 Å². The molecule has 6 nitrogen and oxygen atoms in total. The van der Waals surface area contributed by atoms with E-state index in [2.05, 4.69) is 15.5 Å². The van der Waals surface area contributed by atoms with E-state index in [0.717, 1.165) is 27.7 Å². The number of para-hydroxylation sites is 1. The number of rotatable bonds is 6. The van der Waals surface area contributed by atoms with Gasteiger partial charge in [-0.15, -0.1) is 10.2 Å². The van der Waals surface area contributed by atoms with Crippen LogP contribution in [-0.2, 0) is 11.8 Å². The number of pyridine rings is 1. The highest BCUT2D eigenvalue weighted by atomic mass is 35.5. The highest BCUT2D eigenvalue weighted by Crippen LogP contribution is 2.32. The van der Waals surface area contributed by atoms with Crippen LogP contribution in [-0.4, -0.2) is 31.4 Å². The molecule has 34 heavy (non-hydrogen) atoms. The van der Waals surface area contributed by atoms with E-state index in [1.165, 1.54) is 11.8 Å². The third kappa shape index (κ3) is 4.66. The lowest BCUT2D eigenvalue weighted by Crippen LogP contribution is -2.14. The number of nitrogens with zero attached hydrogens (tertiary/aromatic N) is 4. The Balaban J connectivity index is 1.42. The van der Waals surface area contributed by atoms with Gasteiger partial charge in [0.2, 0.25) is 5.91 Å². The van der Waals surface area contributed by atoms with Gasteiger partial charge in [0.05, 0.1) is 17.0 Å². The summed E-state index contributed by atoms with van der Waals surface area (Å²) < 4.78 is 1.91. The van der Waals surface area contributed by atoms with Crippen LogP contribution < -0.4 is 5.32 Å². The third-order valence-corrected chi connectivity index (χ3v) is 6.56.